The van der Waals surface area contributed by atoms with Crippen LogP contribution in [-0.4, -0.2) is 26.6 Å². The van der Waals surface area contributed by atoms with Gasteiger partial charge in [-0.25, -0.2) is 10.4 Å². The fraction of sp³-hybridized carbons (Fsp3) is 0.133. The topological polar surface area (TPSA) is 79.0 Å². The largest absolute Gasteiger partial charge is 0.508 e. The van der Waals surface area contributed by atoms with Crippen molar-refractivity contribution in [3.05, 3.63) is 52.3 Å². The van der Waals surface area contributed by atoms with Crippen LogP contribution in [0, 0.1) is 13.8 Å². The second-order valence-corrected chi connectivity index (χ2v) is 5.66. The van der Waals surface area contributed by atoms with Gasteiger partial charge in [-0.2, -0.15) is 5.10 Å². The van der Waals surface area contributed by atoms with Crippen molar-refractivity contribution in [3.8, 4) is 5.75 Å². The number of nitrogens with zero attached hydrogens (tertiary/aromatic N) is 3. The van der Waals surface area contributed by atoms with E-state index in [0.717, 1.165) is 22.0 Å². The minimum atomic E-state index is -0.336. The summed E-state index contributed by atoms with van der Waals surface area (Å²) in [6, 6.07) is 5.98. The first kappa shape index (κ1) is 14.3. The third-order valence-corrected chi connectivity index (χ3v) is 4.18. The lowest BCUT2D eigenvalue weighted by Gasteiger charge is -2.00. The molecule has 0 saturated carbocycles. The van der Waals surface area contributed by atoms with Gasteiger partial charge in [-0.1, -0.05) is 0 Å². The minimum Gasteiger partial charge on any atom is -0.508 e. The quantitative estimate of drug-likeness (QED) is 0.576. The highest BCUT2D eigenvalue weighted by atomic mass is 32.1. The van der Waals surface area contributed by atoms with Crippen LogP contribution >= 0.6 is 11.3 Å². The molecule has 1 amide bonds. The van der Waals surface area contributed by atoms with Gasteiger partial charge >= 0.3 is 0 Å². The number of benzene rings is 1. The molecular formula is C15H14N4O2S. The summed E-state index contributed by atoms with van der Waals surface area (Å²) in [6.45, 7) is 3.90. The summed E-state index contributed by atoms with van der Waals surface area (Å²) in [4.78, 5) is 17.3. The summed E-state index contributed by atoms with van der Waals surface area (Å²) in [6.07, 6.45) is 1.59. The van der Waals surface area contributed by atoms with Gasteiger partial charge in [-0.3, -0.25) is 9.20 Å². The van der Waals surface area contributed by atoms with Crippen molar-refractivity contribution in [2.45, 2.75) is 13.8 Å². The van der Waals surface area contributed by atoms with Gasteiger partial charge in [0.15, 0.2) is 4.96 Å². The van der Waals surface area contributed by atoms with Crippen LogP contribution in [0.1, 0.15) is 27.4 Å². The molecule has 0 spiro atoms. The maximum atomic E-state index is 11.9. The van der Waals surface area contributed by atoms with E-state index in [4.69, 9.17) is 0 Å². The third-order valence-electron chi connectivity index (χ3n) is 3.24. The van der Waals surface area contributed by atoms with E-state index in [1.54, 1.807) is 17.6 Å². The Morgan fingerprint density at radius 3 is 2.82 bits per heavy atom. The average molecular weight is 314 g/mol. The molecule has 112 valence electrons. The Bertz CT molecular complexity index is 862. The zero-order valence-electron chi connectivity index (χ0n) is 12.1. The van der Waals surface area contributed by atoms with Crippen LogP contribution in [0.5, 0.6) is 5.75 Å². The second kappa shape index (κ2) is 5.61. The van der Waals surface area contributed by atoms with Crippen molar-refractivity contribution in [3.63, 3.8) is 0 Å². The average Bonchev–Trinajstić information content (AvgIpc) is 3.00. The first-order chi connectivity index (χ1) is 10.6. The molecule has 0 aliphatic carbocycles. The third kappa shape index (κ3) is 2.58. The Labute approximate surface area is 130 Å². The Balaban J connectivity index is 1.79. The van der Waals surface area contributed by atoms with E-state index >= 15 is 0 Å². The van der Waals surface area contributed by atoms with Crippen LogP contribution in [0.4, 0.5) is 0 Å². The van der Waals surface area contributed by atoms with Crippen molar-refractivity contribution in [1.29, 1.82) is 0 Å². The molecule has 0 fully saturated rings. The highest BCUT2D eigenvalue weighted by molar-refractivity contribution is 7.15. The van der Waals surface area contributed by atoms with Gasteiger partial charge in [0.2, 0.25) is 0 Å². The van der Waals surface area contributed by atoms with Gasteiger partial charge in [0.05, 0.1) is 17.6 Å². The zero-order chi connectivity index (χ0) is 15.7. The van der Waals surface area contributed by atoms with Gasteiger partial charge in [-0.05, 0) is 38.1 Å². The summed E-state index contributed by atoms with van der Waals surface area (Å²) in [5.74, 6) is -0.220. The molecule has 0 aliphatic heterocycles. The van der Waals surface area contributed by atoms with E-state index < -0.39 is 0 Å². The van der Waals surface area contributed by atoms with Crippen molar-refractivity contribution in [2.24, 2.45) is 5.10 Å². The highest BCUT2D eigenvalue weighted by Crippen LogP contribution is 2.19. The van der Waals surface area contributed by atoms with Crippen molar-refractivity contribution < 1.29 is 9.90 Å². The van der Waals surface area contributed by atoms with Crippen LogP contribution in [-0.2, 0) is 0 Å². The number of hydrogen-bond donors (Lipinski definition) is 2. The number of hydrazone groups is 1. The van der Waals surface area contributed by atoms with Gasteiger partial charge in [0.1, 0.15) is 5.75 Å². The fourth-order valence-electron chi connectivity index (χ4n) is 2.11. The molecule has 3 aromatic rings. The molecule has 6 nitrogen and oxygen atoms in total. The molecule has 0 saturated heterocycles. The fourth-order valence-corrected chi connectivity index (χ4v) is 3.03. The smallest absolute Gasteiger partial charge is 0.271 e. The van der Waals surface area contributed by atoms with Crippen molar-refractivity contribution in [1.82, 2.24) is 14.8 Å². The molecule has 1 aromatic carbocycles. The number of phenols is 1. The summed E-state index contributed by atoms with van der Waals surface area (Å²) >= 11 is 1.57. The molecule has 0 unspecified atom stereocenters. The lowest BCUT2D eigenvalue weighted by atomic mass is 10.2. The number of aromatic hydroxyl groups is 1. The van der Waals surface area contributed by atoms with Crippen molar-refractivity contribution >= 4 is 28.4 Å². The number of amides is 1. The summed E-state index contributed by atoms with van der Waals surface area (Å²) in [5, 5.41) is 15.2. The summed E-state index contributed by atoms with van der Waals surface area (Å²) in [7, 11) is 0. The molecule has 0 atom stereocenters. The number of aromatic nitrogens is 2. The van der Waals surface area contributed by atoms with Gasteiger partial charge in [0, 0.05) is 16.6 Å². The second-order valence-electron chi connectivity index (χ2n) is 4.82. The van der Waals surface area contributed by atoms with Crippen LogP contribution < -0.4 is 5.43 Å². The number of nitrogens with one attached hydrogen (secondary N) is 1. The molecule has 0 aliphatic rings. The number of fused-ring (bicyclic) bond motifs is 1. The van der Waals surface area contributed by atoms with Crippen LogP contribution in [0.15, 0.2) is 34.7 Å². The highest BCUT2D eigenvalue weighted by Gasteiger charge is 2.10. The molecule has 22 heavy (non-hydrogen) atoms. The molecule has 7 heteroatoms. The van der Waals surface area contributed by atoms with Crippen LogP contribution in [0.3, 0.4) is 0 Å². The molecule has 0 radical (unpaired) electrons. The van der Waals surface area contributed by atoms with Gasteiger partial charge < -0.3 is 5.11 Å². The molecule has 2 heterocycles. The maximum absolute atomic E-state index is 11.9. The zero-order valence-corrected chi connectivity index (χ0v) is 12.9. The van der Waals surface area contributed by atoms with E-state index in [0.29, 0.717) is 5.56 Å². The van der Waals surface area contributed by atoms with Gasteiger partial charge in [-0.15, -0.1) is 11.3 Å². The van der Waals surface area contributed by atoms with E-state index in [-0.39, 0.29) is 11.7 Å². The lowest BCUT2D eigenvalue weighted by Crippen LogP contribution is -2.17. The van der Waals surface area contributed by atoms with E-state index in [1.807, 2.05) is 23.6 Å². The number of carbonyl (C=O) groups excluding carboxylic acids is 1. The molecule has 2 aromatic heterocycles. The van der Waals surface area contributed by atoms with Crippen LogP contribution in [0.2, 0.25) is 0 Å². The molecule has 3 rings (SSSR count). The number of thiazole rings is 1. The Morgan fingerprint density at radius 2 is 2.09 bits per heavy atom. The first-order valence-electron chi connectivity index (χ1n) is 6.62. The maximum Gasteiger partial charge on any atom is 0.271 e. The van der Waals surface area contributed by atoms with E-state index in [2.05, 4.69) is 15.5 Å². The summed E-state index contributed by atoms with van der Waals surface area (Å²) < 4.78 is 2.00. The Kier molecular flexibility index (Phi) is 3.64. The van der Waals surface area contributed by atoms with Crippen molar-refractivity contribution in [2.75, 3.05) is 0 Å². The molecule has 2 N–H and O–H groups in total. The minimum absolute atomic E-state index is 0.116. The monoisotopic (exact) mass is 314 g/mol. The number of carbonyl (C=O) groups is 1. The van der Waals surface area contributed by atoms with Crippen LogP contribution in [0.25, 0.3) is 4.96 Å². The first-order valence-corrected chi connectivity index (χ1v) is 7.50. The standard InChI is InChI=1S/C15H14N4O2S/c1-9-8-22-15-17-10(2)13(19(9)15)7-16-18-14(21)11-3-5-12(20)6-4-11/h3-8,20H,1-2H3,(H,18,21). The number of phenolic OH excluding ortho intramolecular Hbond substituents is 1. The number of imidazole rings is 1. The normalized spacial score (nSPS) is 11.4. The molecule has 0 bridgehead atoms. The van der Waals surface area contributed by atoms with Gasteiger partial charge in [0.25, 0.3) is 5.91 Å². The summed E-state index contributed by atoms with van der Waals surface area (Å²) in [5.41, 5.74) is 5.68. The predicted molar refractivity (Wildman–Crippen MR) is 85.7 cm³/mol. The lowest BCUT2D eigenvalue weighted by molar-refractivity contribution is 0.0955. The Morgan fingerprint density at radius 1 is 1.36 bits per heavy atom. The SMILES string of the molecule is Cc1nc2scc(C)n2c1C=NNC(=O)c1ccc(O)cc1. The predicted octanol–water partition coefficient (Wildman–Crippen LogP) is 2.48. The number of rotatable bonds is 3. The molecular weight excluding hydrogens is 300 g/mol. The number of hydrogen-bond acceptors (Lipinski definition) is 5. The number of aryl methyl sites for hydroxylation is 2. The van der Waals surface area contributed by atoms with E-state index in [9.17, 15) is 9.90 Å². The Hall–Kier alpha value is -2.67. The van der Waals surface area contributed by atoms with E-state index in [1.165, 1.54) is 24.3 Å².